The lowest BCUT2D eigenvalue weighted by Crippen LogP contribution is -2.37. The summed E-state index contributed by atoms with van der Waals surface area (Å²) in [6.45, 7) is 1.47. The molecule has 154 valence electrons. The van der Waals surface area contributed by atoms with E-state index in [2.05, 4.69) is 0 Å². The first-order chi connectivity index (χ1) is 14.7. The minimum atomic E-state index is -0.215. The number of carbonyl (C=O) groups excluding carboxylic acids is 1. The van der Waals surface area contributed by atoms with Gasteiger partial charge in [0.1, 0.15) is 5.58 Å². The highest BCUT2D eigenvalue weighted by atomic mass is 32.1. The van der Waals surface area contributed by atoms with Gasteiger partial charge in [0.05, 0.1) is 29.5 Å². The Balaban J connectivity index is 1.59. The Labute approximate surface area is 178 Å². The summed E-state index contributed by atoms with van der Waals surface area (Å²) in [6, 6.07) is 15.6. The van der Waals surface area contributed by atoms with E-state index in [4.69, 9.17) is 18.9 Å². The van der Waals surface area contributed by atoms with Crippen molar-refractivity contribution in [3.05, 3.63) is 59.9 Å². The summed E-state index contributed by atoms with van der Waals surface area (Å²) in [5, 5.41) is 1.55. The summed E-state index contributed by atoms with van der Waals surface area (Å²) in [4.78, 5) is 20.2. The fourth-order valence-corrected chi connectivity index (χ4v) is 4.87. The van der Waals surface area contributed by atoms with Crippen LogP contribution in [0.25, 0.3) is 21.2 Å². The molecule has 5 rings (SSSR count). The van der Waals surface area contributed by atoms with Crippen LogP contribution in [0.2, 0.25) is 0 Å². The molecule has 0 saturated carbocycles. The van der Waals surface area contributed by atoms with Crippen molar-refractivity contribution in [3.63, 3.8) is 0 Å². The van der Waals surface area contributed by atoms with Gasteiger partial charge in [-0.25, -0.2) is 4.98 Å². The van der Waals surface area contributed by atoms with Gasteiger partial charge in [-0.3, -0.25) is 9.69 Å². The van der Waals surface area contributed by atoms with Gasteiger partial charge in [0.25, 0.3) is 5.91 Å². The number of methoxy groups -OCH3 is 1. The van der Waals surface area contributed by atoms with Crippen molar-refractivity contribution in [2.45, 2.75) is 25.6 Å². The van der Waals surface area contributed by atoms with Crippen molar-refractivity contribution in [2.24, 2.45) is 0 Å². The summed E-state index contributed by atoms with van der Waals surface area (Å²) >= 11 is 1.50. The number of para-hydroxylation sites is 2. The van der Waals surface area contributed by atoms with Crippen molar-refractivity contribution in [2.75, 3.05) is 25.2 Å². The normalized spacial score (nSPS) is 16.5. The molecule has 30 heavy (non-hydrogen) atoms. The lowest BCUT2D eigenvalue weighted by molar-refractivity contribution is 0.0891. The molecule has 2 aromatic heterocycles. The lowest BCUT2D eigenvalue weighted by Gasteiger charge is -2.22. The number of carbonyl (C=O) groups is 1. The second kappa shape index (κ2) is 8.18. The molecule has 2 aromatic carbocycles. The SMILES string of the molecule is COCc1c(C(=O)N(CC2CCCO2)c2nc3ccccc3s2)oc2ccccc12. The van der Waals surface area contributed by atoms with Gasteiger partial charge in [0.2, 0.25) is 0 Å². The topological polar surface area (TPSA) is 64.8 Å². The van der Waals surface area contributed by atoms with Gasteiger partial charge in [-0.05, 0) is 31.0 Å². The average Bonchev–Trinajstić information content (AvgIpc) is 3.50. The van der Waals surface area contributed by atoms with Crippen LogP contribution >= 0.6 is 11.3 Å². The first kappa shape index (κ1) is 19.2. The zero-order chi connectivity index (χ0) is 20.5. The van der Waals surface area contributed by atoms with E-state index in [1.807, 2.05) is 48.5 Å². The van der Waals surface area contributed by atoms with Gasteiger partial charge in [-0.1, -0.05) is 41.7 Å². The van der Waals surface area contributed by atoms with Crippen LogP contribution in [0.3, 0.4) is 0 Å². The molecule has 6 nitrogen and oxygen atoms in total. The number of hydrogen-bond donors (Lipinski definition) is 0. The highest BCUT2D eigenvalue weighted by Crippen LogP contribution is 2.33. The molecule has 0 spiro atoms. The summed E-state index contributed by atoms with van der Waals surface area (Å²) in [5.41, 5.74) is 2.31. The number of aromatic nitrogens is 1. The van der Waals surface area contributed by atoms with E-state index in [1.165, 1.54) is 11.3 Å². The van der Waals surface area contributed by atoms with E-state index in [0.29, 0.717) is 29.6 Å². The number of nitrogens with zero attached hydrogens (tertiary/aromatic N) is 2. The number of fused-ring (bicyclic) bond motifs is 2. The third kappa shape index (κ3) is 3.49. The molecule has 1 unspecified atom stereocenters. The van der Waals surface area contributed by atoms with Gasteiger partial charge < -0.3 is 13.9 Å². The molecule has 3 heterocycles. The molecule has 1 aliphatic rings. The largest absolute Gasteiger partial charge is 0.450 e. The Kier molecular flexibility index (Phi) is 5.25. The molecular weight excluding hydrogens is 400 g/mol. The zero-order valence-corrected chi connectivity index (χ0v) is 17.5. The molecule has 1 atom stereocenters. The Morgan fingerprint density at radius 1 is 1.23 bits per heavy atom. The van der Waals surface area contributed by atoms with Gasteiger partial charge in [0.15, 0.2) is 10.9 Å². The molecule has 7 heteroatoms. The van der Waals surface area contributed by atoms with Crippen LogP contribution in [-0.4, -0.2) is 37.3 Å². The molecule has 1 amide bonds. The average molecular weight is 423 g/mol. The van der Waals surface area contributed by atoms with Crippen LogP contribution < -0.4 is 4.90 Å². The first-order valence-corrected chi connectivity index (χ1v) is 10.8. The summed E-state index contributed by atoms with van der Waals surface area (Å²) in [7, 11) is 1.62. The second-order valence-electron chi connectivity index (χ2n) is 7.35. The Morgan fingerprint density at radius 2 is 2.07 bits per heavy atom. The predicted molar refractivity (Wildman–Crippen MR) is 117 cm³/mol. The molecular formula is C23H22N2O4S. The molecule has 1 saturated heterocycles. The van der Waals surface area contributed by atoms with Gasteiger partial charge in [-0.15, -0.1) is 0 Å². The number of furan rings is 1. The first-order valence-electron chi connectivity index (χ1n) is 10.0. The standard InChI is InChI=1S/C23H22N2O4S/c1-27-14-17-16-8-2-4-10-19(16)29-21(17)22(26)25(13-15-7-6-12-28-15)23-24-18-9-3-5-11-20(18)30-23/h2-5,8-11,15H,6-7,12-14H2,1H3. The minimum Gasteiger partial charge on any atom is -0.450 e. The van der Waals surface area contributed by atoms with E-state index in [0.717, 1.165) is 40.6 Å². The minimum absolute atomic E-state index is 0.00350. The number of hydrogen-bond acceptors (Lipinski definition) is 6. The van der Waals surface area contributed by atoms with Crippen molar-refractivity contribution in [3.8, 4) is 0 Å². The quantitative estimate of drug-likeness (QED) is 0.437. The Morgan fingerprint density at radius 3 is 2.87 bits per heavy atom. The molecule has 1 aliphatic heterocycles. The van der Waals surface area contributed by atoms with Crippen LogP contribution in [0.5, 0.6) is 0 Å². The highest BCUT2D eigenvalue weighted by molar-refractivity contribution is 7.22. The highest BCUT2D eigenvalue weighted by Gasteiger charge is 2.31. The van der Waals surface area contributed by atoms with Crippen LogP contribution in [0.4, 0.5) is 5.13 Å². The van der Waals surface area contributed by atoms with Gasteiger partial charge in [-0.2, -0.15) is 0 Å². The Bertz CT molecular complexity index is 1160. The van der Waals surface area contributed by atoms with Crippen molar-refractivity contribution in [1.82, 2.24) is 4.98 Å². The van der Waals surface area contributed by atoms with Crippen molar-refractivity contribution < 1.29 is 18.7 Å². The van der Waals surface area contributed by atoms with E-state index in [1.54, 1.807) is 12.0 Å². The maximum Gasteiger partial charge on any atom is 0.296 e. The second-order valence-corrected chi connectivity index (χ2v) is 8.36. The molecule has 1 fully saturated rings. The molecule has 0 radical (unpaired) electrons. The monoisotopic (exact) mass is 422 g/mol. The fraction of sp³-hybridized carbons (Fsp3) is 0.304. The van der Waals surface area contributed by atoms with Crippen LogP contribution in [0.1, 0.15) is 29.0 Å². The van der Waals surface area contributed by atoms with Crippen molar-refractivity contribution in [1.29, 1.82) is 0 Å². The molecule has 0 aliphatic carbocycles. The maximum absolute atomic E-state index is 13.8. The van der Waals surface area contributed by atoms with Crippen LogP contribution in [-0.2, 0) is 16.1 Å². The molecule has 0 bridgehead atoms. The van der Waals surface area contributed by atoms with Crippen molar-refractivity contribution >= 4 is 43.6 Å². The summed E-state index contributed by atoms with van der Waals surface area (Å²) < 4.78 is 18.3. The number of rotatable bonds is 6. The fourth-order valence-electron chi connectivity index (χ4n) is 3.90. The number of amides is 1. The predicted octanol–water partition coefficient (Wildman–Crippen LogP) is 5.01. The van der Waals surface area contributed by atoms with Gasteiger partial charge in [0, 0.05) is 24.7 Å². The van der Waals surface area contributed by atoms with Crippen LogP contribution in [0.15, 0.2) is 52.9 Å². The number of ether oxygens (including phenoxy) is 2. The number of anilines is 1. The Hall–Kier alpha value is -2.74. The lowest BCUT2D eigenvalue weighted by atomic mass is 10.1. The third-order valence-corrected chi connectivity index (χ3v) is 6.41. The van der Waals surface area contributed by atoms with E-state index < -0.39 is 0 Å². The summed E-state index contributed by atoms with van der Waals surface area (Å²) in [6.07, 6.45) is 1.93. The zero-order valence-electron chi connectivity index (χ0n) is 16.7. The number of benzene rings is 2. The van der Waals surface area contributed by atoms with E-state index in [9.17, 15) is 4.79 Å². The van der Waals surface area contributed by atoms with Crippen LogP contribution in [0, 0.1) is 0 Å². The summed E-state index contributed by atoms with van der Waals surface area (Å²) in [5.74, 6) is 0.0862. The number of thiazole rings is 1. The molecule has 0 N–H and O–H groups in total. The van der Waals surface area contributed by atoms with E-state index >= 15 is 0 Å². The van der Waals surface area contributed by atoms with E-state index in [-0.39, 0.29) is 12.0 Å². The van der Waals surface area contributed by atoms with Gasteiger partial charge >= 0.3 is 0 Å². The smallest absolute Gasteiger partial charge is 0.296 e. The molecule has 4 aromatic rings. The maximum atomic E-state index is 13.8. The third-order valence-electron chi connectivity index (χ3n) is 5.35.